The van der Waals surface area contributed by atoms with Crippen molar-refractivity contribution in [3.8, 4) is 5.75 Å². The van der Waals surface area contributed by atoms with E-state index in [1.54, 1.807) is 4.90 Å². The summed E-state index contributed by atoms with van der Waals surface area (Å²) in [5.74, 6) is -0.215. The molecule has 4 rings (SSSR count). The normalized spacial score (nSPS) is 15.4. The molecule has 0 bridgehead atoms. The van der Waals surface area contributed by atoms with Crippen molar-refractivity contribution in [1.29, 1.82) is 0 Å². The van der Waals surface area contributed by atoms with Crippen molar-refractivity contribution in [1.82, 2.24) is 10.2 Å². The SMILES string of the molecule is CC(=O)NC(CCc1cc(C)ccc1OCc1ccccc1)C(=O)N1CCCC1C(=O)OCc1ccccc1. The summed E-state index contributed by atoms with van der Waals surface area (Å²) in [5, 5.41) is 2.81. The Bertz CT molecular complexity index is 1260. The third-order valence-electron chi connectivity index (χ3n) is 6.86. The van der Waals surface area contributed by atoms with E-state index >= 15 is 0 Å². The van der Waals surface area contributed by atoms with Crippen LogP contribution in [0.5, 0.6) is 5.75 Å². The van der Waals surface area contributed by atoms with E-state index in [2.05, 4.69) is 11.4 Å². The van der Waals surface area contributed by atoms with Crippen LogP contribution in [0.4, 0.5) is 0 Å². The molecule has 0 aliphatic carbocycles. The fourth-order valence-electron chi connectivity index (χ4n) is 4.88. The molecule has 0 radical (unpaired) electrons. The zero-order chi connectivity index (χ0) is 27.6. The van der Waals surface area contributed by atoms with E-state index in [-0.39, 0.29) is 18.4 Å². The lowest BCUT2D eigenvalue weighted by Gasteiger charge is -2.28. The second kappa shape index (κ2) is 13.6. The van der Waals surface area contributed by atoms with Crippen LogP contribution in [-0.2, 0) is 38.8 Å². The molecule has 3 aromatic carbocycles. The van der Waals surface area contributed by atoms with Gasteiger partial charge in [-0.25, -0.2) is 4.79 Å². The van der Waals surface area contributed by atoms with Crippen LogP contribution >= 0.6 is 0 Å². The minimum Gasteiger partial charge on any atom is -0.489 e. The Balaban J connectivity index is 1.42. The van der Waals surface area contributed by atoms with E-state index in [0.29, 0.717) is 38.8 Å². The van der Waals surface area contributed by atoms with Gasteiger partial charge >= 0.3 is 5.97 Å². The fraction of sp³-hybridized carbons (Fsp3) is 0.344. The van der Waals surface area contributed by atoms with Gasteiger partial charge in [0.2, 0.25) is 11.8 Å². The van der Waals surface area contributed by atoms with Crippen molar-refractivity contribution in [2.24, 2.45) is 0 Å². The number of nitrogens with one attached hydrogen (secondary N) is 1. The molecule has 2 atom stereocenters. The van der Waals surface area contributed by atoms with Crippen molar-refractivity contribution >= 4 is 17.8 Å². The van der Waals surface area contributed by atoms with E-state index in [0.717, 1.165) is 28.0 Å². The molecule has 1 fully saturated rings. The fourth-order valence-corrected chi connectivity index (χ4v) is 4.88. The number of ether oxygens (including phenoxy) is 2. The van der Waals surface area contributed by atoms with Crippen LogP contribution in [0, 0.1) is 6.92 Å². The smallest absolute Gasteiger partial charge is 0.329 e. The molecule has 204 valence electrons. The molecule has 39 heavy (non-hydrogen) atoms. The maximum absolute atomic E-state index is 13.6. The summed E-state index contributed by atoms with van der Waals surface area (Å²) in [6.07, 6.45) is 2.16. The molecule has 3 aromatic rings. The lowest BCUT2D eigenvalue weighted by atomic mass is 10.0. The Labute approximate surface area is 230 Å². The molecule has 2 unspecified atom stereocenters. The lowest BCUT2D eigenvalue weighted by molar-refractivity contribution is -0.155. The van der Waals surface area contributed by atoms with Gasteiger partial charge in [0.25, 0.3) is 0 Å². The van der Waals surface area contributed by atoms with Crippen LogP contribution in [0.3, 0.4) is 0 Å². The van der Waals surface area contributed by atoms with Crippen LogP contribution in [0.15, 0.2) is 78.9 Å². The van der Waals surface area contributed by atoms with Gasteiger partial charge in [-0.15, -0.1) is 0 Å². The Kier molecular flexibility index (Phi) is 9.73. The topological polar surface area (TPSA) is 84.9 Å². The average molecular weight is 529 g/mol. The molecule has 0 spiro atoms. The first-order chi connectivity index (χ1) is 18.9. The highest BCUT2D eigenvalue weighted by Crippen LogP contribution is 2.25. The largest absolute Gasteiger partial charge is 0.489 e. The highest BCUT2D eigenvalue weighted by molar-refractivity contribution is 5.90. The first-order valence-electron chi connectivity index (χ1n) is 13.4. The number of likely N-dealkylation sites (tertiary alicyclic amines) is 1. The van der Waals surface area contributed by atoms with Crippen molar-refractivity contribution in [3.05, 3.63) is 101 Å². The molecule has 2 amide bonds. The van der Waals surface area contributed by atoms with Gasteiger partial charge in [-0.2, -0.15) is 0 Å². The molecule has 0 aromatic heterocycles. The number of hydrogen-bond donors (Lipinski definition) is 1. The summed E-state index contributed by atoms with van der Waals surface area (Å²) in [6, 6.07) is 24.0. The van der Waals surface area contributed by atoms with Gasteiger partial charge < -0.3 is 19.7 Å². The first kappa shape index (κ1) is 27.9. The van der Waals surface area contributed by atoms with Gasteiger partial charge in [-0.3, -0.25) is 9.59 Å². The standard InChI is InChI=1S/C32H36N2O5/c1-23-15-18-30(38-21-25-10-5-3-6-11-25)27(20-23)16-17-28(33-24(2)35)31(36)34-19-9-14-29(34)32(37)39-22-26-12-7-4-8-13-26/h3-8,10-13,15,18,20,28-29H,9,14,16-17,19,21-22H2,1-2H3,(H,33,35). The molecular weight excluding hydrogens is 492 g/mol. The molecule has 7 heteroatoms. The Morgan fingerprint density at radius 1 is 0.949 bits per heavy atom. The Hall–Kier alpha value is -4.13. The average Bonchev–Trinajstić information content (AvgIpc) is 3.44. The van der Waals surface area contributed by atoms with Gasteiger partial charge in [-0.05, 0) is 55.4 Å². The number of carbonyl (C=O) groups excluding carboxylic acids is 3. The molecule has 1 N–H and O–H groups in total. The monoisotopic (exact) mass is 528 g/mol. The maximum atomic E-state index is 13.6. The Morgan fingerprint density at radius 3 is 2.28 bits per heavy atom. The number of rotatable bonds is 11. The number of amides is 2. The van der Waals surface area contributed by atoms with Crippen molar-refractivity contribution in [2.75, 3.05) is 6.54 Å². The maximum Gasteiger partial charge on any atom is 0.329 e. The third kappa shape index (κ3) is 7.93. The van der Waals surface area contributed by atoms with E-state index < -0.39 is 18.1 Å². The van der Waals surface area contributed by atoms with Crippen LogP contribution < -0.4 is 10.1 Å². The predicted molar refractivity (Wildman–Crippen MR) is 149 cm³/mol. The minimum absolute atomic E-state index is 0.159. The molecule has 1 aliphatic heterocycles. The lowest BCUT2D eigenvalue weighted by Crippen LogP contribution is -2.51. The summed E-state index contributed by atoms with van der Waals surface area (Å²) < 4.78 is 11.7. The summed E-state index contributed by atoms with van der Waals surface area (Å²) in [5.41, 5.74) is 4.00. The summed E-state index contributed by atoms with van der Waals surface area (Å²) >= 11 is 0. The third-order valence-corrected chi connectivity index (χ3v) is 6.86. The summed E-state index contributed by atoms with van der Waals surface area (Å²) in [6.45, 7) is 4.46. The minimum atomic E-state index is -0.757. The highest BCUT2D eigenvalue weighted by Gasteiger charge is 2.38. The number of benzene rings is 3. The second-order valence-corrected chi connectivity index (χ2v) is 9.96. The number of nitrogens with zero attached hydrogens (tertiary/aromatic N) is 1. The van der Waals surface area contributed by atoms with E-state index in [1.807, 2.05) is 79.7 Å². The zero-order valence-electron chi connectivity index (χ0n) is 22.6. The van der Waals surface area contributed by atoms with Gasteiger partial charge in [-0.1, -0.05) is 78.4 Å². The molecular formula is C32H36N2O5. The van der Waals surface area contributed by atoms with Crippen molar-refractivity contribution in [2.45, 2.75) is 64.8 Å². The van der Waals surface area contributed by atoms with Crippen LogP contribution in [0.25, 0.3) is 0 Å². The van der Waals surface area contributed by atoms with Crippen LogP contribution in [0.2, 0.25) is 0 Å². The number of hydrogen-bond acceptors (Lipinski definition) is 5. The molecule has 0 saturated carbocycles. The van der Waals surface area contributed by atoms with Crippen LogP contribution in [0.1, 0.15) is 48.4 Å². The van der Waals surface area contributed by atoms with E-state index in [4.69, 9.17) is 9.47 Å². The van der Waals surface area contributed by atoms with Gasteiger partial charge in [0.05, 0.1) is 0 Å². The van der Waals surface area contributed by atoms with Crippen molar-refractivity contribution < 1.29 is 23.9 Å². The van der Waals surface area contributed by atoms with E-state index in [9.17, 15) is 14.4 Å². The quantitative estimate of drug-likeness (QED) is 0.363. The highest BCUT2D eigenvalue weighted by atomic mass is 16.5. The van der Waals surface area contributed by atoms with Gasteiger partial charge in [0.1, 0.15) is 31.0 Å². The number of carbonyl (C=O) groups is 3. The van der Waals surface area contributed by atoms with Crippen molar-refractivity contribution in [3.63, 3.8) is 0 Å². The summed E-state index contributed by atoms with van der Waals surface area (Å²) in [4.78, 5) is 40.1. The molecule has 1 aliphatic rings. The predicted octanol–water partition coefficient (Wildman–Crippen LogP) is 4.75. The zero-order valence-corrected chi connectivity index (χ0v) is 22.6. The number of esters is 1. The van der Waals surface area contributed by atoms with E-state index in [1.165, 1.54) is 6.92 Å². The first-order valence-corrected chi connectivity index (χ1v) is 13.4. The Morgan fingerprint density at radius 2 is 1.62 bits per heavy atom. The molecule has 1 saturated heterocycles. The number of aryl methyl sites for hydroxylation is 2. The van der Waals surface area contributed by atoms with Gasteiger partial charge in [0, 0.05) is 13.5 Å². The second-order valence-electron chi connectivity index (χ2n) is 9.96. The molecule has 1 heterocycles. The summed E-state index contributed by atoms with van der Waals surface area (Å²) in [7, 11) is 0. The molecule has 7 nitrogen and oxygen atoms in total. The van der Waals surface area contributed by atoms with Crippen LogP contribution in [-0.4, -0.2) is 41.3 Å². The van der Waals surface area contributed by atoms with Gasteiger partial charge in [0.15, 0.2) is 0 Å².